The molecule has 1 aromatic rings. The van der Waals surface area contributed by atoms with Gasteiger partial charge in [0, 0.05) is 25.8 Å². The first-order valence-electron chi connectivity index (χ1n) is 6.09. The average Bonchev–Trinajstić information content (AvgIpc) is 2.76. The molecule has 1 aromatic heterocycles. The fourth-order valence-corrected chi connectivity index (χ4v) is 1.72. The molecule has 0 aromatic carbocycles. The number of nitrogens with one attached hydrogen (secondary N) is 1. The van der Waals surface area contributed by atoms with Crippen molar-refractivity contribution in [2.45, 2.75) is 52.3 Å². The van der Waals surface area contributed by atoms with Crippen LogP contribution in [0.25, 0.3) is 0 Å². The highest BCUT2D eigenvalue weighted by molar-refractivity contribution is 5.00. The van der Waals surface area contributed by atoms with Crippen LogP contribution in [0.4, 0.5) is 0 Å². The molecule has 92 valence electrons. The zero-order valence-electron chi connectivity index (χ0n) is 10.5. The van der Waals surface area contributed by atoms with Gasteiger partial charge in [-0.1, -0.05) is 13.8 Å². The van der Waals surface area contributed by atoms with E-state index in [0.717, 1.165) is 31.6 Å². The molecule has 0 radical (unpaired) electrons. The molecule has 0 amide bonds. The summed E-state index contributed by atoms with van der Waals surface area (Å²) >= 11 is 0. The summed E-state index contributed by atoms with van der Waals surface area (Å²) in [6.07, 6.45) is 3.37. The van der Waals surface area contributed by atoms with E-state index in [9.17, 15) is 5.11 Å². The van der Waals surface area contributed by atoms with Crippen LogP contribution in [0.3, 0.4) is 0 Å². The summed E-state index contributed by atoms with van der Waals surface area (Å²) in [6.45, 7) is 8.38. The van der Waals surface area contributed by atoms with Crippen molar-refractivity contribution in [2.75, 3.05) is 6.54 Å². The van der Waals surface area contributed by atoms with E-state index in [1.54, 1.807) is 0 Å². The highest BCUT2D eigenvalue weighted by Gasteiger charge is 2.21. The first-order valence-corrected chi connectivity index (χ1v) is 6.09. The molecule has 16 heavy (non-hydrogen) atoms. The second kappa shape index (κ2) is 6.01. The lowest BCUT2D eigenvalue weighted by Crippen LogP contribution is -2.39. The smallest absolute Gasteiger partial charge is 0.0766 e. The summed E-state index contributed by atoms with van der Waals surface area (Å²) in [5, 5.41) is 17.6. The lowest BCUT2D eigenvalue weighted by molar-refractivity contribution is 0.0321. The van der Waals surface area contributed by atoms with E-state index in [2.05, 4.69) is 17.3 Å². The molecule has 0 aliphatic rings. The minimum absolute atomic E-state index is 0.572. The number of hydrogen-bond acceptors (Lipinski definition) is 3. The maximum atomic E-state index is 10.1. The maximum absolute atomic E-state index is 10.1. The fraction of sp³-hybridized carbons (Fsp3) is 0.750. The predicted octanol–water partition coefficient (Wildman–Crippen LogP) is 1.54. The summed E-state index contributed by atoms with van der Waals surface area (Å²) in [6, 6.07) is 2.01. The van der Waals surface area contributed by atoms with Crippen molar-refractivity contribution in [3.8, 4) is 0 Å². The molecule has 0 saturated heterocycles. The third-order valence-corrected chi connectivity index (χ3v) is 3.18. The second-order valence-corrected chi connectivity index (χ2v) is 4.17. The van der Waals surface area contributed by atoms with Crippen LogP contribution in [-0.4, -0.2) is 27.0 Å². The Morgan fingerprint density at radius 3 is 2.62 bits per heavy atom. The Labute approximate surface area is 97.7 Å². The molecular formula is C12H23N3O. The molecule has 2 N–H and O–H groups in total. The number of nitrogens with zero attached hydrogens (tertiary/aromatic N) is 2. The fourth-order valence-electron chi connectivity index (χ4n) is 1.72. The van der Waals surface area contributed by atoms with Gasteiger partial charge in [-0.25, -0.2) is 0 Å². The summed E-state index contributed by atoms with van der Waals surface area (Å²) in [4.78, 5) is 0. The average molecular weight is 225 g/mol. The molecule has 0 spiro atoms. The van der Waals surface area contributed by atoms with E-state index in [4.69, 9.17) is 0 Å². The van der Waals surface area contributed by atoms with Gasteiger partial charge in [-0.15, -0.1) is 0 Å². The molecule has 1 heterocycles. The van der Waals surface area contributed by atoms with Crippen LogP contribution in [0.2, 0.25) is 0 Å². The van der Waals surface area contributed by atoms with Gasteiger partial charge in [0.2, 0.25) is 0 Å². The van der Waals surface area contributed by atoms with Gasteiger partial charge < -0.3 is 10.4 Å². The van der Waals surface area contributed by atoms with Crippen LogP contribution >= 0.6 is 0 Å². The van der Waals surface area contributed by atoms with Crippen molar-refractivity contribution in [1.29, 1.82) is 0 Å². The number of hydrogen-bond donors (Lipinski definition) is 2. The van der Waals surface area contributed by atoms with Crippen LogP contribution < -0.4 is 5.32 Å². The third kappa shape index (κ3) is 3.32. The monoisotopic (exact) mass is 225 g/mol. The largest absolute Gasteiger partial charge is 0.389 e. The summed E-state index contributed by atoms with van der Waals surface area (Å²) in [7, 11) is 0. The molecule has 4 nitrogen and oxygen atoms in total. The first kappa shape index (κ1) is 13.2. The molecule has 0 saturated carbocycles. The van der Waals surface area contributed by atoms with Crippen LogP contribution in [0.5, 0.6) is 0 Å². The standard InChI is InChI=1S/C12H23N3O/c1-4-12(16,5-2)10-13-9-11-7-8-14-15(11)6-3/h7-8,13,16H,4-6,9-10H2,1-3H3. The van der Waals surface area contributed by atoms with E-state index >= 15 is 0 Å². The van der Waals surface area contributed by atoms with Gasteiger partial charge in [-0.3, -0.25) is 4.68 Å². The Bertz CT molecular complexity index is 305. The third-order valence-electron chi connectivity index (χ3n) is 3.18. The van der Waals surface area contributed by atoms with Crippen molar-refractivity contribution < 1.29 is 5.11 Å². The van der Waals surface area contributed by atoms with E-state index < -0.39 is 5.60 Å². The highest BCUT2D eigenvalue weighted by atomic mass is 16.3. The molecule has 0 aliphatic carbocycles. The molecule has 0 atom stereocenters. The van der Waals surface area contributed by atoms with Gasteiger partial charge in [0.1, 0.15) is 0 Å². The SMILES string of the molecule is CCn1nccc1CNCC(O)(CC)CC. The molecular weight excluding hydrogens is 202 g/mol. The Kier molecular flexibility index (Phi) is 4.96. The van der Waals surface area contributed by atoms with Gasteiger partial charge in [-0.05, 0) is 25.8 Å². The number of rotatable bonds is 7. The van der Waals surface area contributed by atoms with Gasteiger partial charge in [0.25, 0.3) is 0 Å². The van der Waals surface area contributed by atoms with Crippen LogP contribution in [0, 0.1) is 0 Å². The van der Waals surface area contributed by atoms with E-state index in [0.29, 0.717) is 6.54 Å². The Morgan fingerprint density at radius 2 is 2.06 bits per heavy atom. The topological polar surface area (TPSA) is 50.1 Å². The van der Waals surface area contributed by atoms with Crippen molar-refractivity contribution in [2.24, 2.45) is 0 Å². The lowest BCUT2D eigenvalue weighted by Gasteiger charge is -2.25. The van der Waals surface area contributed by atoms with Gasteiger partial charge in [0.15, 0.2) is 0 Å². The van der Waals surface area contributed by atoms with E-state index in [1.165, 1.54) is 0 Å². The second-order valence-electron chi connectivity index (χ2n) is 4.17. The zero-order valence-corrected chi connectivity index (χ0v) is 10.5. The molecule has 1 rings (SSSR count). The van der Waals surface area contributed by atoms with Gasteiger partial charge in [0.05, 0.1) is 11.3 Å². The number of aliphatic hydroxyl groups is 1. The van der Waals surface area contributed by atoms with Crippen molar-refractivity contribution in [3.05, 3.63) is 18.0 Å². The molecule has 0 unspecified atom stereocenters. The van der Waals surface area contributed by atoms with Crippen LogP contribution in [-0.2, 0) is 13.1 Å². The number of aromatic nitrogens is 2. The normalized spacial score (nSPS) is 12.0. The molecule has 0 fully saturated rings. The van der Waals surface area contributed by atoms with Crippen LogP contribution in [0.15, 0.2) is 12.3 Å². The molecule has 0 bridgehead atoms. The number of aryl methyl sites for hydroxylation is 1. The van der Waals surface area contributed by atoms with E-state index in [-0.39, 0.29) is 0 Å². The predicted molar refractivity (Wildman–Crippen MR) is 65.1 cm³/mol. The Hall–Kier alpha value is -0.870. The van der Waals surface area contributed by atoms with Crippen LogP contribution in [0.1, 0.15) is 39.3 Å². The van der Waals surface area contributed by atoms with Gasteiger partial charge >= 0.3 is 0 Å². The minimum atomic E-state index is -0.572. The van der Waals surface area contributed by atoms with Crippen molar-refractivity contribution in [3.63, 3.8) is 0 Å². The minimum Gasteiger partial charge on any atom is -0.389 e. The summed E-state index contributed by atoms with van der Waals surface area (Å²) in [5.74, 6) is 0. The van der Waals surface area contributed by atoms with Crippen molar-refractivity contribution >= 4 is 0 Å². The quantitative estimate of drug-likeness (QED) is 0.740. The van der Waals surface area contributed by atoms with Gasteiger partial charge in [-0.2, -0.15) is 5.10 Å². The highest BCUT2D eigenvalue weighted by Crippen LogP contribution is 2.13. The van der Waals surface area contributed by atoms with E-state index in [1.807, 2.05) is 30.8 Å². The molecule has 4 heteroatoms. The zero-order chi connectivity index (χ0) is 12.0. The lowest BCUT2D eigenvalue weighted by atomic mass is 9.98. The first-order chi connectivity index (χ1) is 7.65. The molecule has 0 aliphatic heterocycles. The summed E-state index contributed by atoms with van der Waals surface area (Å²) in [5.41, 5.74) is 0.592. The Morgan fingerprint density at radius 1 is 1.38 bits per heavy atom. The summed E-state index contributed by atoms with van der Waals surface area (Å²) < 4.78 is 1.96. The maximum Gasteiger partial charge on any atom is 0.0766 e. The van der Waals surface area contributed by atoms with Crippen molar-refractivity contribution in [1.82, 2.24) is 15.1 Å². The Balaban J connectivity index is 2.41.